The van der Waals surface area contributed by atoms with Gasteiger partial charge in [-0.15, -0.1) is 0 Å². The molecule has 0 saturated heterocycles. The molecule has 5 nitrogen and oxygen atoms in total. The van der Waals surface area contributed by atoms with Crippen LogP contribution in [0, 0.1) is 17.6 Å². The zero-order valence-electron chi connectivity index (χ0n) is 13.2. The van der Waals surface area contributed by atoms with Crippen LogP contribution in [0.4, 0.5) is 8.78 Å². The Labute approximate surface area is 137 Å². The number of fused-ring (bicyclic) bond motifs is 1. The number of benzene rings is 1. The van der Waals surface area contributed by atoms with Crippen molar-refractivity contribution in [2.45, 2.75) is 26.3 Å². The van der Waals surface area contributed by atoms with Gasteiger partial charge in [0.05, 0.1) is 18.6 Å². The summed E-state index contributed by atoms with van der Waals surface area (Å²) in [5.74, 6) is -2.28. The van der Waals surface area contributed by atoms with Gasteiger partial charge < -0.3 is 9.88 Å². The molecule has 1 N–H and O–H groups in total. The lowest BCUT2D eigenvalue weighted by atomic mass is 9.98. The van der Waals surface area contributed by atoms with Crippen molar-refractivity contribution in [3.05, 3.63) is 63.3 Å². The molecule has 0 radical (unpaired) electrons. The molecule has 7 heteroatoms. The highest BCUT2D eigenvalue weighted by Crippen LogP contribution is 2.19. The van der Waals surface area contributed by atoms with Gasteiger partial charge >= 0.3 is 0 Å². The van der Waals surface area contributed by atoms with Crippen molar-refractivity contribution in [1.29, 1.82) is 0 Å². The van der Waals surface area contributed by atoms with Crippen LogP contribution in [-0.4, -0.2) is 27.3 Å². The Hall–Kier alpha value is -2.57. The Kier molecular flexibility index (Phi) is 4.42. The summed E-state index contributed by atoms with van der Waals surface area (Å²) in [6.07, 6.45) is 2.12. The predicted molar refractivity (Wildman–Crippen MR) is 83.2 cm³/mol. The third-order valence-electron chi connectivity index (χ3n) is 4.27. The van der Waals surface area contributed by atoms with Crippen molar-refractivity contribution in [3.63, 3.8) is 0 Å². The van der Waals surface area contributed by atoms with Crippen molar-refractivity contribution < 1.29 is 13.6 Å². The van der Waals surface area contributed by atoms with E-state index in [2.05, 4.69) is 9.97 Å². The summed E-state index contributed by atoms with van der Waals surface area (Å²) >= 11 is 0. The van der Waals surface area contributed by atoms with Crippen molar-refractivity contribution >= 4 is 5.91 Å². The van der Waals surface area contributed by atoms with Gasteiger partial charge in [-0.1, -0.05) is 13.0 Å². The molecule has 1 atom stereocenters. The number of rotatable bonds is 3. The van der Waals surface area contributed by atoms with Crippen LogP contribution >= 0.6 is 0 Å². The van der Waals surface area contributed by atoms with E-state index in [1.165, 1.54) is 12.4 Å². The van der Waals surface area contributed by atoms with Crippen LogP contribution in [0.25, 0.3) is 0 Å². The number of nitrogens with one attached hydrogen (secondary N) is 1. The summed E-state index contributed by atoms with van der Waals surface area (Å²) < 4.78 is 26.3. The fraction of sp³-hybridized carbons (Fsp3) is 0.353. The molecule has 1 unspecified atom stereocenters. The van der Waals surface area contributed by atoms with E-state index in [1.54, 1.807) is 11.8 Å². The van der Waals surface area contributed by atoms with Gasteiger partial charge in [0.15, 0.2) is 11.6 Å². The van der Waals surface area contributed by atoms with Gasteiger partial charge in [0, 0.05) is 18.0 Å². The van der Waals surface area contributed by atoms with E-state index < -0.39 is 11.6 Å². The van der Waals surface area contributed by atoms with E-state index in [0.29, 0.717) is 42.8 Å². The normalized spacial score (nSPS) is 15.0. The lowest BCUT2D eigenvalue weighted by Crippen LogP contribution is -2.41. The molecule has 0 bridgehead atoms. The van der Waals surface area contributed by atoms with E-state index >= 15 is 0 Å². The van der Waals surface area contributed by atoms with Crippen LogP contribution in [0.1, 0.15) is 23.7 Å². The zero-order chi connectivity index (χ0) is 17.3. The molecule has 1 aliphatic heterocycles. The monoisotopic (exact) mass is 333 g/mol. The van der Waals surface area contributed by atoms with Gasteiger partial charge in [0.1, 0.15) is 0 Å². The van der Waals surface area contributed by atoms with Crippen LogP contribution in [0.3, 0.4) is 0 Å². The summed E-state index contributed by atoms with van der Waals surface area (Å²) in [7, 11) is 0. The maximum Gasteiger partial charge on any atom is 0.254 e. The summed E-state index contributed by atoms with van der Waals surface area (Å²) in [5.41, 5.74) is 1.64. The highest BCUT2D eigenvalue weighted by atomic mass is 19.2. The smallest absolute Gasteiger partial charge is 0.254 e. The molecule has 0 fully saturated rings. The molecule has 2 aromatic rings. The summed E-state index contributed by atoms with van der Waals surface area (Å²) in [5, 5.41) is 0. The Morgan fingerprint density at radius 3 is 2.92 bits per heavy atom. The maximum absolute atomic E-state index is 13.3. The van der Waals surface area contributed by atoms with Crippen molar-refractivity contribution in [2.24, 2.45) is 5.92 Å². The average Bonchev–Trinajstić information content (AvgIpc) is 2.57. The Morgan fingerprint density at radius 2 is 2.17 bits per heavy atom. The Morgan fingerprint density at radius 1 is 1.38 bits per heavy atom. The first-order valence-corrected chi connectivity index (χ1v) is 7.74. The Bertz CT molecular complexity index is 835. The van der Waals surface area contributed by atoms with Gasteiger partial charge in [-0.2, -0.15) is 0 Å². The van der Waals surface area contributed by atoms with Crippen LogP contribution in [0.5, 0.6) is 0 Å². The molecule has 3 rings (SSSR count). The third-order valence-corrected chi connectivity index (χ3v) is 4.27. The Balaban J connectivity index is 1.70. The van der Waals surface area contributed by atoms with E-state index in [-0.39, 0.29) is 17.4 Å². The van der Waals surface area contributed by atoms with Crippen LogP contribution in [0.2, 0.25) is 0 Å². The van der Waals surface area contributed by atoms with Crippen molar-refractivity contribution in [1.82, 2.24) is 14.9 Å². The minimum atomic E-state index is -0.914. The largest absolute Gasteiger partial charge is 0.336 e. The fourth-order valence-electron chi connectivity index (χ4n) is 2.97. The number of H-pyrrole nitrogens is 1. The van der Waals surface area contributed by atoms with Gasteiger partial charge in [-0.3, -0.25) is 9.59 Å². The van der Waals surface area contributed by atoms with Crippen LogP contribution in [0.15, 0.2) is 29.3 Å². The molecular formula is C17H17F2N3O2. The van der Waals surface area contributed by atoms with Gasteiger partial charge in [0.25, 0.3) is 5.56 Å². The number of hydrogen-bond acceptors (Lipinski definition) is 3. The first-order chi connectivity index (χ1) is 11.5. The van der Waals surface area contributed by atoms with Gasteiger partial charge in [-0.05, 0) is 30.5 Å². The van der Waals surface area contributed by atoms with E-state index in [1.807, 2.05) is 0 Å². The zero-order valence-corrected chi connectivity index (χ0v) is 13.2. The van der Waals surface area contributed by atoms with Crippen molar-refractivity contribution in [3.8, 4) is 0 Å². The third kappa shape index (κ3) is 3.20. The van der Waals surface area contributed by atoms with Crippen molar-refractivity contribution in [2.75, 3.05) is 6.54 Å². The lowest BCUT2D eigenvalue weighted by molar-refractivity contribution is -0.136. The summed E-state index contributed by atoms with van der Waals surface area (Å²) in [4.78, 5) is 32.6. The minimum Gasteiger partial charge on any atom is -0.336 e. The number of halogens is 2. The summed E-state index contributed by atoms with van der Waals surface area (Å²) in [6, 6.07) is 3.66. The molecule has 1 amide bonds. The number of nitrogens with zero attached hydrogens (tertiary/aromatic N) is 2. The topological polar surface area (TPSA) is 66.1 Å². The highest BCUT2D eigenvalue weighted by molar-refractivity contribution is 5.79. The summed E-state index contributed by atoms with van der Waals surface area (Å²) in [6.45, 7) is 2.49. The number of hydrogen-bond donors (Lipinski definition) is 1. The lowest BCUT2D eigenvalue weighted by Gasteiger charge is -2.29. The second-order valence-electron chi connectivity index (χ2n) is 6.02. The molecular weight excluding hydrogens is 316 g/mol. The van der Waals surface area contributed by atoms with Gasteiger partial charge in [0.2, 0.25) is 5.91 Å². The SMILES string of the molecule is CC(Cc1ccc(F)c(F)c1)C(=O)N1CCc2c(nc[nH]c2=O)C1. The molecule has 1 aliphatic rings. The predicted octanol–water partition coefficient (Wildman–Crippen LogP) is 1.81. The molecule has 24 heavy (non-hydrogen) atoms. The molecule has 0 spiro atoms. The number of aromatic amines is 1. The minimum absolute atomic E-state index is 0.0903. The molecule has 0 aliphatic carbocycles. The second kappa shape index (κ2) is 6.51. The highest BCUT2D eigenvalue weighted by Gasteiger charge is 2.26. The first kappa shape index (κ1) is 16.3. The average molecular weight is 333 g/mol. The quantitative estimate of drug-likeness (QED) is 0.932. The fourth-order valence-corrected chi connectivity index (χ4v) is 2.97. The van der Waals surface area contributed by atoms with E-state index in [9.17, 15) is 18.4 Å². The molecule has 126 valence electrons. The van der Waals surface area contributed by atoms with Gasteiger partial charge in [-0.25, -0.2) is 13.8 Å². The second-order valence-corrected chi connectivity index (χ2v) is 6.02. The van der Waals surface area contributed by atoms with Crippen LogP contribution in [-0.2, 0) is 24.2 Å². The maximum atomic E-state index is 13.3. The number of carbonyl (C=O) groups is 1. The molecule has 1 aromatic heterocycles. The molecule has 2 heterocycles. The standard InChI is InChI=1S/C17H17F2N3O2/c1-10(6-11-2-3-13(18)14(19)7-11)17(24)22-5-4-12-15(8-22)20-9-21-16(12)23/h2-3,7,9-10H,4-6,8H2,1H3,(H,20,21,23). The van der Waals surface area contributed by atoms with E-state index in [4.69, 9.17) is 0 Å². The van der Waals surface area contributed by atoms with Crippen LogP contribution < -0.4 is 5.56 Å². The molecule has 0 saturated carbocycles. The first-order valence-electron chi connectivity index (χ1n) is 7.74. The molecule has 1 aromatic carbocycles. The number of amides is 1. The number of carbonyl (C=O) groups excluding carboxylic acids is 1. The number of aromatic nitrogens is 2. The van der Waals surface area contributed by atoms with E-state index in [0.717, 1.165) is 12.1 Å².